The number of hydrogen-bond acceptors (Lipinski definition) is 3. The molecule has 0 spiro atoms. The smallest absolute Gasteiger partial charge is 0.224 e. The maximum atomic E-state index is 11.3. The highest BCUT2D eigenvalue weighted by molar-refractivity contribution is 5.94. The molecular weight excluding hydrogens is 280 g/mol. The third-order valence-electron chi connectivity index (χ3n) is 3.44. The van der Waals surface area contributed by atoms with Gasteiger partial charge in [0.05, 0.1) is 6.54 Å². The van der Waals surface area contributed by atoms with E-state index in [1.54, 1.807) is 0 Å². The molecule has 1 amide bonds. The number of ether oxygens (including phenoxy) is 1. The van der Waals surface area contributed by atoms with Crippen molar-refractivity contribution in [2.75, 3.05) is 25.0 Å². The second-order valence-corrected chi connectivity index (χ2v) is 5.26. The van der Waals surface area contributed by atoms with Crippen molar-refractivity contribution in [2.24, 2.45) is 10.7 Å². The van der Waals surface area contributed by atoms with Gasteiger partial charge in [0.15, 0.2) is 5.96 Å². The first-order valence-electron chi connectivity index (χ1n) is 7.78. The molecule has 1 aromatic carbocycles. The number of benzene rings is 1. The highest BCUT2D eigenvalue weighted by atomic mass is 16.5. The van der Waals surface area contributed by atoms with Crippen LogP contribution in [0.2, 0.25) is 0 Å². The largest absolute Gasteiger partial charge is 0.492 e. The average molecular weight is 304 g/mol. The number of nitrogens with one attached hydrogen (secondary N) is 2. The maximum Gasteiger partial charge on any atom is 0.224 e. The van der Waals surface area contributed by atoms with E-state index in [0.717, 1.165) is 42.8 Å². The van der Waals surface area contributed by atoms with Crippen molar-refractivity contribution in [3.8, 4) is 5.75 Å². The van der Waals surface area contributed by atoms with Crippen LogP contribution in [0.5, 0.6) is 5.75 Å². The van der Waals surface area contributed by atoms with Gasteiger partial charge in [0.25, 0.3) is 0 Å². The number of unbranched alkanes of at least 4 members (excludes halogenated alkanes) is 1. The van der Waals surface area contributed by atoms with Crippen molar-refractivity contribution in [1.82, 2.24) is 5.32 Å². The van der Waals surface area contributed by atoms with E-state index in [1.807, 2.05) is 18.2 Å². The highest BCUT2D eigenvalue weighted by Gasteiger charge is 2.14. The minimum Gasteiger partial charge on any atom is -0.492 e. The number of carbonyl (C=O) groups excluding carboxylic acids is 1. The van der Waals surface area contributed by atoms with Crippen LogP contribution in [0.1, 0.15) is 31.7 Å². The van der Waals surface area contributed by atoms with Crippen LogP contribution in [0, 0.1) is 0 Å². The van der Waals surface area contributed by atoms with E-state index in [2.05, 4.69) is 22.5 Å². The van der Waals surface area contributed by atoms with Crippen LogP contribution in [-0.2, 0) is 11.2 Å². The lowest BCUT2D eigenvalue weighted by Crippen LogP contribution is -2.34. The van der Waals surface area contributed by atoms with Gasteiger partial charge in [-0.3, -0.25) is 9.79 Å². The predicted octanol–water partition coefficient (Wildman–Crippen LogP) is 1.65. The molecule has 6 heteroatoms. The molecular formula is C16H24N4O2. The molecule has 6 nitrogen and oxygen atoms in total. The van der Waals surface area contributed by atoms with Crippen LogP contribution in [0.4, 0.5) is 5.69 Å². The molecule has 2 rings (SSSR count). The Morgan fingerprint density at radius 1 is 1.45 bits per heavy atom. The lowest BCUT2D eigenvalue weighted by Gasteiger charge is -2.17. The zero-order chi connectivity index (χ0) is 15.8. The standard InChI is InChI=1S/C16H24N4O2/c1-2-3-8-18-16(17)19-9-10-22-13-5-6-14-12(11-13)4-7-15(21)20-14/h5-6,11H,2-4,7-10H2,1H3,(H,20,21)(H3,17,18,19). The van der Waals surface area contributed by atoms with E-state index < -0.39 is 0 Å². The van der Waals surface area contributed by atoms with Crippen LogP contribution in [0.3, 0.4) is 0 Å². The summed E-state index contributed by atoms with van der Waals surface area (Å²) in [6.45, 7) is 3.99. The molecule has 1 aliphatic heterocycles. The molecule has 0 aromatic heterocycles. The first-order valence-corrected chi connectivity index (χ1v) is 7.78. The van der Waals surface area contributed by atoms with Gasteiger partial charge < -0.3 is 21.1 Å². The predicted molar refractivity (Wildman–Crippen MR) is 88.3 cm³/mol. The molecule has 0 saturated carbocycles. The highest BCUT2D eigenvalue weighted by Crippen LogP contribution is 2.26. The van der Waals surface area contributed by atoms with Crippen molar-refractivity contribution >= 4 is 17.6 Å². The molecule has 0 radical (unpaired) electrons. The Morgan fingerprint density at radius 2 is 2.32 bits per heavy atom. The van der Waals surface area contributed by atoms with Crippen LogP contribution in [-0.4, -0.2) is 31.6 Å². The second kappa shape index (κ2) is 8.26. The summed E-state index contributed by atoms with van der Waals surface area (Å²) in [5, 5.41) is 5.88. The number of aliphatic imine (C=N–C) groups is 1. The van der Waals surface area contributed by atoms with E-state index in [-0.39, 0.29) is 5.91 Å². The van der Waals surface area contributed by atoms with E-state index in [1.165, 1.54) is 0 Å². The van der Waals surface area contributed by atoms with Crippen molar-refractivity contribution in [1.29, 1.82) is 0 Å². The van der Waals surface area contributed by atoms with Gasteiger partial charge >= 0.3 is 0 Å². The summed E-state index contributed by atoms with van der Waals surface area (Å²) in [4.78, 5) is 15.5. The number of aryl methyl sites for hydroxylation is 1. The fraction of sp³-hybridized carbons (Fsp3) is 0.500. The number of nitrogens with zero attached hydrogens (tertiary/aromatic N) is 1. The number of rotatable bonds is 7. The fourth-order valence-electron chi connectivity index (χ4n) is 2.21. The van der Waals surface area contributed by atoms with Gasteiger partial charge in [-0.15, -0.1) is 0 Å². The Bertz CT molecular complexity index is 543. The zero-order valence-electron chi connectivity index (χ0n) is 13.0. The van der Waals surface area contributed by atoms with Crippen molar-refractivity contribution in [3.05, 3.63) is 23.8 Å². The lowest BCUT2D eigenvalue weighted by molar-refractivity contribution is -0.116. The quantitative estimate of drug-likeness (QED) is 0.406. The monoisotopic (exact) mass is 304 g/mol. The van der Waals surface area contributed by atoms with Gasteiger partial charge in [-0.2, -0.15) is 0 Å². The number of hydrogen-bond donors (Lipinski definition) is 3. The molecule has 1 aliphatic rings. The van der Waals surface area contributed by atoms with Crippen molar-refractivity contribution in [3.63, 3.8) is 0 Å². The normalized spacial score (nSPS) is 14.2. The molecule has 22 heavy (non-hydrogen) atoms. The van der Waals surface area contributed by atoms with Gasteiger partial charge in [0.2, 0.25) is 5.91 Å². The summed E-state index contributed by atoms with van der Waals surface area (Å²) in [6.07, 6.45) is 3.44. The van der Waals surface area contributed by atoms with Gasteiger partial charge in [-0.05, 0) is 36.6 Å². The summed E-state index contributed by atoms with van der Waals surface area (Å²) in [6, 6.07) is 5.73. The summed E-state index contributed by atoms with van der Waals surface area (Å²) >= 11 is 0. The van der Waals surface area contributed by atoms with Crippen molar-refractivity contribution in [2.45, 2.75) is 32.6 Å². The van der Waals surface area contributed by atoms with Gasteiger partial charge in [-0.25, -0.2) is 0 Å². The van der Waals surface area contributed by atoms with E-state index in [9.17, 15) is 4.79 Å². The number of nitrogens with two attached hydrogens (primary N) is 1. The van der Waals surface area contributed by atoms with Gasteiger partial charge in [0, 0.05) is 18.7 Å². The topological polar surface area (TPSA) is 88.7 Å². The summed E-state index contributed by atoms with van der Waals surface area (Å²) in [5.41, 5.74) is 7.74. The molecule has 120 valence electrons. The molecule has 1 heterocycles. The molecule has 1 aromatic rings. The van der Waals surface area contributed by atoms with E-state index in [0.29, 0.717) is 25.5 Å². The second-order valence-electron chi connectivity index (χ2n) is 5.26. The van der Waals surface area contributed by atoms with Crippen LogP contribution >= 0.6 is 0 Å². The Labute approximate surface area is 131 Å². The Kier molecular flexibility index (Phi) is 6.06. The van der Waals surface area contributed by atoms with Crippen LogP contribution in [0.25, 0.3) is 0 Å². The zero-order valence-corrected chi connectivity index (χ0v) is 13.0. The molecule has 0 bridgehead atoms. The minimum atomic E-state index is 0.0724. The number of amides is 1. The average Bonchev–Trinajstić information content (AvgIpc) is 2.52. The SMILES string of the molecule is CCCCN=C(N)NCCOc1ccc2c(c1)CCC(=O)N2. The van der Waals surface area contributed by atoms with Crippen LogP contribution in [0.15, 0.2) is 23.2 Å². The fourth-order valence-corrected chi connectivity index (χ4v) is 2.21. The number of guanidine groups is 1. The van der Waals surface area contributed by atoms with Gasteiger partial charge in [-0.1, -0.05) is 13.3 Å². The summed E-state index contributed by atoms with van der Waals surface area (Å²) in [7, 11) is 0. The third kappa shape index (κ3) is 4.95. The van der Waals surface area contributed by atoms with Gasteiger partial charge in [0.1, 0.15) is 12.4 Å². The molecule has 0 aliphatic carbocycles. The summed E-state index contributed by atoms with van der Waals surface area (Å²) in [5.74, 6) is 1.34. The van der Waals surface area contributed by atoms with E-state index in [4.69, 9.17) is 10.5 Å². The Hall–Kier alpha value is -2.24. The third-order valence-corrected chi connectivity index (χ3v) is 3.44. The minimum absolute atomic E-state index is 0.0724. The van der Waals surface area contributed by atoms with Crippen molar-refractivity contribution < 1.29 is 9.53 Å². The number of carbonyl (C=O) groups is 1. The molecule has 0 fully saturated rings. The lowest BCUT2D eigenvalue weighted by atomic mass is 10.0. The molecule has 0 saturated heterocycles. The summed E-state index contributed by atoms with van der Waals surface area (Å²) < 4.78 is 5.69. The Morgan fingerprint density at radius 3 is 3.14 bits per heavy atom. The maximum absolute atomic E-state index is 11.3. The molecule has 0 unspecified atom stereocenters. The first kappa shape index (κ1) is 16.1. The number of anilines is 1. The number of fused-ring (bicyclic) bond motifs is 1. The first-order chi connectivity index (χ1) is 10.7. The van der Waals surface area contributed by atoms with Crippen LogP contribution < -0.4 is 21.1 Å². The van der Waals surface area contributed by atoms with E-state index >= 15 is 0 Å². The Balaban J connectivity index is 1.73. The molecule has 0 atom stereocenters. The molecule has 4 N–H and O–H groups in total.